The van der Waals surface area contributed by atoms with Crippen LogP contribution >= 0.6 is 0 Å². The fourth-order valence-corrected chi connectivity index (χ4v) is 1.52. The predicted octanol–water partition coefficient (Wildman–Crippen LogP) is 1.07. The van der Waals surface area contributed by atoms with Gasteiger partial charge in [0.2, 0.25) is 0 Å². The van der Waals surface area contributed by atoms with E-state index >= 15 is 0 Å². The van der Waals surface area contributed by atoms with Gasteiger partial charge in [0.15, 0.2) is 0 Å². The summed E-state index contributed by atoms with van der Waals surface area (Å²) in [5, 5.41) is 0. The van der Waals surface area contributed by atoms with E-state index in [0.29, 0.717) is 13.2 Å². The second-order valence-electron chi connectivity index (χ2n) is 5.00. The lowest BCUT2D eigenvalue weighted by molar-refractivity contribution is -0.907. The molecular weight excluding hydrogens is 216 g/mol. The Morgan fingerprint density at radius 2 is 1.59 bits per heavy atom. The van der Waals surface area contributed by atoms with E-state index in [4.69, 9.17) is 9.47 Å². The van der Waals surface area contributed by atoms with Gasteiger partial charge in [0, 0.05) is 13.2 Å². The van der Waals surface area contributed by atoms with Crippen molar-refractivity contribution in [1.82, 2.24) is 4.90 Å². The highest BCUT2D eigenvalue weighted by Gasteiger charge is 2.18. The summed E-state index contributed by atoms with van der Waals surface area (Å²) in [7, 11) is 6.55. The highest BCUT2D eigenvalue weighted by molar-refractivity contribution is 4.44. The highest BCUT2D eigenvalue weighted by atomic mass is 16.5. The third-order valence-corrected chi connectivity index (χ3v) is 3.20. The largest absolute Gasteiger partial charge is 0.379 e. The lowest BCUT2D eigenvalue weighted by Crippen LogP contribution is -2.49. The topological polar surface area (TPSA) is 21.7 Å². The van der Waals surface area contributed by atoms with Crippen LogP contribution in [-0.4, -0.2) is 83.1 Å². The molecule has 0 aromatic rings. The Bertz CT molecular complexity index is 177. The summed E-state index contributed by atoms with van der Waals surface area (Å²) < 4.78 is 11.9. The van der Waals surface area contributed by atoms with E-state index in [2.05, 4.69) is 33.0 Å². The molecule has 1 atom stereocenters. The van der Waals surface area contributed by atoms with Crippen LogP contribution in [0.3, 0.4) is 0 Å². The highest BCUT2D eigenvalue weighted by Crippen LogP contribution is 2.01. The van der Waals surface area contributed by atoms with E-state index in [9.17, 15) is 0 Å². The van der Waals surface area contributed by atoms with Crippen LogP contribution < -0.4 is 0 Å². The summed E-state index contributed by atoms with van der Waals surface area (Å²) in [5.41, 5.74) is 0. The summed E-state index contributed by atoms with van der Waals surface area (Å²) >= 11 is 0. The van der Waals surface area contributed by atoms with Crippen LogP contribution in [0, 0.1) is 0 Å². The van der Waals surface area contributed by atoms with Gasteiger partial charge in [-0.2, -0.15) is 0 Å². The molecule has 0 aromatic carbocycles. The van der Waals surface area contributed by atoms with E-state index < -0.39 is 0 Å². The van der Waals surface area contributed by atoms with Gasteiger partial charge in [0.25, 0.3) is 0 Å². The molecule has 0 radical (unpaired) electrons. The Labute approximate surface area is 107 Å². The fourth-order valence-electron chi connectivity index (χ4n) is 1.52. The second-order valence-corrected chi connectivity index (χ2v) is 5.00. The molecule has 0 aliphatic heterocycles. The van der Waals surface area contributed by atoms with Gasteiger partial charge < -0.3 is 18.9 Å². The second kappa shape index (κ2) is 9.83. The lowest BCUT2D eigenvalue weighted by atomic mass is 10.3. The zero-order valence-corrected chi connectivity index (χ0v) is 12.4. The fraction of sp³-hybridized carbons (Fsp3) is 1.00. The van der Waals surface area contributed by atoms with Gasteiger partial charge in [0.05, 0.1) is 40.0 Å². The van der Waals surface area contributed by atoms with Crippen LogP contribution in [0.5, 0.6) is 0 Å². The molecule has 0 heterocycles. The monoisotopic (exact) mass is 247 g/mol. The van der Waals surface area contributed by atoms with E-state index in [-0.39, 0.29) is 0 Å². The quantitative estimate of drug-likeness (QED) is 0.403. The third-order valence-electron chi connectivity index (χ3n) is 3.20. The molecule has 0 fully saturated rings. The molecule has 0 rings (SSSR count). The molecule has 0 saturated carbocycles. The van der Waals surface area contributed by atoms with Crippen molar-refractivity contribution >= 4 is 0 Å². The zero-order chi connectivity index (χ0) is 13.1. The molecular formula is C13H31N2O2+. The minimum absolute atomic E-state index is 0.712. The summed E-state index contributed by atoms with van der Waals surface area (Å²) in [6, 6.07) is 0. The number of nitrogens with zero attached hydrogens (tertiary/aromatic N) is 2. The molecule has 4 heteroatoms. The number of ether oxygens (including phenoxy) is 2. The standard InChI is InChI=1S/C13H31N2O2/c1-6-15(5,9-8-14(3)4)10-11-17-13-12-16-7-2/h6-13H2,1-5H3/q+1. The van der Waals surface area contributed by atoms with Gasteiger partial charge in [-0.25, -0.2) is 0 Å². The smallest absolute Gasteiger partial charge is 0.102 e. The van der Waals surface area contributed by atoms with Crippen molar-refractivity contribution in [3.63, 3.8) is 0 Å². The first-order chi connectivity index (χ1) is 8.04. The molecule has 0 aromatic heterocycles. The first-order valence-corrected chi connectivity index (χ1v) is 6.68. The summed E-state index contributed by atoms with van der Waals surface area (Å²) in [5.74, 6) is 0. The van der Waals surface area contributed by atoms with E-state index in [1.165, 1.54) is 6.54 Å². The van der Waals surface area contributed by atoms with Crippen molar-refractivity contribution in [1.29, 1.82) is 0 Å². The van der Waals surface area contributed by atoms with E-state index in [0.717, 1.165) is 37.3 Å². The molecule has 4 nitrogen and oxygen atoms in total. The van der Waals surface area contributed by atoms with Gasteiger partial charge in [-0.1, -0.05) is 0 Å². The Morgan fingerprint density at radius 3 is 2.12 bits per heavy atom. The molecule has 0 saturated heterocycles. The van der Waals surface area contributed by atoms with Crippen molar-refractivity contribution in [2.75, 3.05) is 73.7 Å². The maximum absolute atomic E-state index is 5.59. The average Bonchev–Trinajstić information content (AvgIpc) is 2.31. The Morgan fingerprint density at radius 1 is 0.941 bits per heavy atom. The SMILES string of the molecule is CCOCCOCC[N+](C)(CC)CCN(C)C. The van der Waals surface area contributed by atoms with Crippen molar-refractivity contribution < 1.29 is 14.0 Å². The average molecular weight is 247 g/mol. The van der Waals surface area contributed by atoms with Gasteiger partial charge in [0.1, 0.15) is 6.54 Å². The maximum atomic E-state index is 5.59. The summed E-state index contributed by atoms with van der Waals surface area (Å²) in [6.45, 7) is 11.8. The van der Waals surface area contributed by atoms with Gasteiger partial charge in [-0.3, -0.25) is 0 Å². The minimum Gasteiger partial charge on any atom is -0.379 e. The number of likely N-dealkylation sites (N-methyl/N-ethyl adjacent to an activating group) is 2. The number of rotatable bonds is 11. The van der Waals surface area contributed by atoms with Gasteiger partial charge >= 0.3 is 0 Å². The molecule has 0 bridgehead atoms. The van der Waals surface area contributed by atoms with E-state index in [1.54, 1.807) is 0 Å². The maximum Gasteiger partial charge on any atom is 0.102 e. The van der Waals surface area contributed by atoms with Crippen LogP contribution in [0.25, 0.3) is 0 Å². The number of hydrogen-bond acceptors (Lipinski definition) is 3. The van der Waals surface area contributed by atoms with Crippen molar-refractivity contribution in [3.05, 3.63) is 0 Å². The molecule has 1 unspecified atom stereocenters. The van der Waals surface area contributed by atoms with Gasteiger partial charge in [-0.05, 0) is 27.9 Å². The van der Waals surface area contributed by atoms with Gasteiger partial charge in [-0.15, -0.1) is 0 Å². The molecule has 0 amide bonds. The normalized spacial score (nSPS) is 15.2. The van der Waals surface area contributed by atoms with Crippen LogP contribution in [0.4, 0.5) is 0 Å². The molecule has 104 valence electrons. The van der Waals surface area contributed by atoms with Crippen LogP contribution in [-0.2, 0) is 9.47 Å². The molecule has 0 spiro atoms. The Balaban J connectivity index is 3.64. The first-order valence-electron chi connectivity index (χ1n) is 6.68. The lowest BCUT2D eigenvalue weighted by Gasteiger charge is -2.34. The van der Waals surface area contributed by atoms with Crippen molar-refractivity contribution in [2.24, 2.45) is 0 Å². The zero-order valence-electron chi connectivity index (χ0n) is 12.4. The summed E-state index contributed by atoms with van der Waals surface area (Å²) in [4.78, 5) is 2.24. The number of hydrogen-bond donors (Lipinski definition) is 0. The number of quaternary nitrogens is 1. The predicted molar refractivity (Wildman–Crippen MR) is 72.3 cm³/mol. The Hall–Kier alpha value is -0.160. The third kappa shape index (κ3) is 9.53. The van der Waals surface area contributed by atoms with Crippen molar-refractivity contribution in [2.45, 2.75) is 13.8 Å². The van der Waals surface area contributed by atoms with Crippen LogP contribution in [0.15, 0.2) is 0 Å². The Kier molecular flexibility index (Phi) is 9.74. The molecule has 0 N–H and O–H groups in total. The molecule has 0 aliphatic rings. The van der Waals surface area contributed by atoms with E-state index in [1.807, 2.05) is 6.92 Å². The summed E-state index contributed by atoms with van der Waals surface area (Å²) in [6.07, 6.45) is 0. The van der Waals surface area contributed by atoms with Crippen molar-refractivity contribution in [3.8, 4) is 0 Å². The molecule has 17 heavy (non-hydrogen) atoms. The van der Waals surface area contributed by atoms with Crippen LogP contribution in [0.1, 0.15) is 13.8 Å². The first kappa shape index (κ1) is 16.8. The minimum atomic E-state index is 0.712. The van der Waals surface area contributed by atoms with Crippen LogP contribution in [0.2, 0.25) is 0 Å². The molecule has 0 aliphatic carbocycles.